The van der Waals surface area contributed by atoms with Crippen LogP contribution in [-0.4, -0.2) is 22.7 Å². The summed E-state index contributed by atoms with van der Waals surface area (Å²) in [7, 11) is 0. The lowest BCUT2D eigenvalue weighted by Gasteiger charge is -2.08. The van der Waals surface area contributed by atoms with Gasteiger partial charge >= 0.3 is 0 Å². The first-order chi connectivity index (χ1) is 9.38. The molecule has 0 aliphatic rings. The summed E-state index contributed by atoms with van der Waals surface area (Å²) in [5, 5.41) is 0. The Labute approximate surface area is 111 Å². The Hall–Kier alpha value is -2.33. The molecule has 1 heterocycles. The molecule has 0 atom stereocenters. The predicted molar refractivity (Wildman–Crippen MR) is 75.6 cm³/mol. The number of imidazole rings is 1. The van der Waals surface area contributed by atoms with E-state index in [-0.39, 0.29) is 0 Å². The highest BCUT2D eigenvalue weighted by molar-refractivity contribution is 5.77. The summed E-state index contributed by atoms with van der Waals surface area (Å²) in [5.74, 6) is 0.820. The molecule has 1 aromatic heterocycles. The van der Waals surface area contributed by atoms with Gasteiger partial charge in [0.25, 0.3) is 0 Å². The Bertz CT molecular complexity index is 690. The molecule has 96 valence electrons. The Balaban J connectivity index is 2.01. The van der Waals surface area contributed by atoms with Crippen LogP contribution in [0.5, 0.6) is 5.75 Å². The maximum atomic E-state index is 5.55. The number of ether oxygens (including phenoxy) is 1. The van der Waals surface area contributed by atoms with Gasteiger partial charge in [-0.05, 0) is 24.3 Å². The van der Waals surface area contributed by atoms with Crippen LogP contribution in [0.15, 0.2) is 54.9 Å². The molecular weight excluding hydrogens is 238 g/mol. The number of hydrogen-bond donors (Lipinski definition) is 1. The zero-order valence-electron chi connectivity index (χ0n) is 10.5. The number of fused-ring (bicyclic) bond motifs is 1. The molecule has 0 saturated carbocycles. The topological polar surface area (TPSA) is 53.1 Å². The summed E-state index contributed by atoms with van der Waals surface area (Å²) in [6.07, 6.45) is 1.83. The first-order valence-electron chi connectivity index (χ1n) is 6.24. The molecule has 0 spiro atoms. The number of hydrogen-bond acceptors (Lipinski definition) is 3. The number of benzene rings is 2. The van der Waals surface area contributed by atoms with E-state index in [2.05, 4.69) is 11.1 Å². The Morgan fingerprint density at radius 3 is 2.89 bits per heavy atom. The summed E-state index contributed by atoms with van der Waals surface area (Å²) in [4.78, 5) is 4.39. The summed E-state index contributed by atoms with van der Waals surface area (Å²) < 4.78 is 7.59. The lowest BCUT2D eigenvalue weighted by Crippen LogP contribution is -2.10. The molecule has 3 aromatic rings. The molecular formula is C15H15N3O. The van der Waals surface area contributed by atoms with Gasteiger partial charge in [-0.1, -0.05) is 18.2 Å². The van der Waals surface area contributed by atoms with E-state index in [1.165, 1.54) is 0 Å². The van der Waals surface area contributed by atoms with E-state index in [1.807, 2.05) is 53.4 Å². The third-order valence-corrected chi connectivity index (χ3v) is 2.94. The Morgan fingerprint density at radius 1 is 1.11 bits per heavy atom. The van der Waals surface area contributed by atoms with E-state index in [1.54, 1.807) is 0 Å². The van der Waals surface area contributed by atoms with Crippen molar-refractivity contribution in [3.8, 4) is 11.4 Å². The SMILES string of the molecule is NCCOc1cccc(-n2cnc3ccccc32)c1. The molecule has 19 heavy (non-hydrogen) atoms. The van der Waals surface area contributed by atoms with Crippen LogP contribution < -0.4 is 10.5 Å². The van der Waals surface area contributed by atoms with Gasteiger partial charge in [0.2, 0.25) is 0 Å². The van der Waals surface area contributed by atoms with E-state index in [9.17, 15) is 0 Å². The van der Waals surface area contributed by atoms with Gasteiger partial charge in [0.05, 0.1) is 16.7 Å². The Morgan fingerprint density at radius 2 is 2.00 bits per heavy atom. The lowest BCUT2D eigenvalue weighted by atomic mass is 10.2. The van der Waals surface area contributed by atoms with E-state index < -0.39 is 0 Å². The number of rotatable bonds is 4. The summed E-state index contributed by atoms with van der Waals surface area (Å²) >= 11 is 0. The minimum absolute atomic E-state index is 0.512. The van der Waals surface area contributed by atoms with Crippen molar-refractivity contribution in [2.75, 3.05) is 13.2 Å². The first-order valence-corrected chi connectivity index (χ1v) is 6.24. The standard InChI is InChI=1S/C15H15N3O/c16-8-9-19-13-5-3-4-12(10-13)18-11-17-14-6-1-2-7-15(14)18/h1-7,10-11H,8-9,16H2. The molecule has 0 bridgehead atoms. The van der Waals surface area contributed by atoms with E-state index in [0.29, 0.717) is 13.2 Å². The fourth-order valence-corrected chi connectivity index (χ4v) is 2.06. The first kappa shape index (κ1) is 11.7. The van der Waals surface area contributed by atoms with Crippen molar-refractivity contribution in [1.29, 1.82) is 0 Å². The van der Waals surface area contributed by atoms with Crippen molar-refractivity contribution in [3.05, 3.63) is 54.9 Å². The molecule has 0 saturated heterocycles. The average Bonchev–Trinajstić information content (AvgIpc) is 2.89. The third-order valence-electron chi connectivity index (χ3n) is 2.94. The van der Waals surface area contributed by atoms with E-state index >= 15 is 0 Å². The predicted octanol–water partition coefficient (Wildman–Crippen LogP) is 2.36. The molecule has 3 rings (SSSR count). The second-order valence-corrected chi connectivity index (χ2v) is 4.24. The smallest absolute Gasteiger partial charge is 0.121 e. The van der Waals surface area contributed by atoms with Gasteiger partial charge in [0.15, 0.2) is 0 Å². The van der Waals surface area contributed by atoms with Crippen molar-refractivity contribution in [3.63, 3.8) is 0 Å². The summed E-state index contributed by atoms with van der Waals surface area (Å²) in [6.45, 7) is 1.03. The third kappa shape index (κ3) is 2.30. The van der Waals surface area contributed by atoms with Crippen LogP contribution in [-0.2, 0) is 0 Å². The molecule has 4 nitrogen and oxygen atoms in total. The number of nitrogens with two attached hydrogens (primary N) is 1. The number of aromatic nitrogens is 2. The maximum Gasteiger partial charge on any atom is 0.121 e. The summed E-state index contributed by atoms with van der Waals surface area (Å²) in [6, 6.07) is 16.0. The van der Waals surface area contributed by atoms with Gasteiger partial charge in [-0.2, -0.15) is 0 Å². The van der Waals surface area contributed by atoms with Gasteiger partial charge < -0.3 is 10.5 Å². The molecule has 0 aliphatic carbocycles. The van der Waals surface area contributed by atoms with Crippen LogP contribution in [0.3, 0.4) is 0 Å². The average molecular weight is 253 g/mol. The van der Waals surface area contributed by atoms with Crippen molar-refractivity contribution in [1.82, 2.24) is 9.55 Å². The van der Waals surface area contributed by atoms with Gasteiger partial charge in [0, 0.05) is 12.6 Å². The van der Waals surface area contributed by atoms with Crippen molar-refractivity contribution < 1.29 is 4.74 Å². The molecule has 0 radical (unpaired) electrons. The molecule has 0 amide bonds. The van der Waals surface area contributed by atoms with E-state index in [4.69, 9.17) is 10.5 Å². The van der Waals surface area contributed by atoms with Crippen LogP contribution in [0, 0.1) is 0 Å². The fourth-order valence-electron chi connectivity index (χ4n) is 2.06. The molecule has 4 heteroatoms. The van der Waals surface area contributed by atoms with Crippen LogP contribution >= 0.6 is 0 Å². The summed E-state index contributed by atoms with van der Waals surface area (Å²) in [5.41, 5.74) is 8.54. The second kappa shape index (κ2) is 5.12. The highest BCUT2D eigenvalue weighted by Crippen LogP contribution is 2.21. The normalized spacial score (nSPS) is 10.8. The van der Waals surface area contributed by atoms with Gasteiger partial charge in [-0.15, -0.1) is 0 Å². The minimum atomic E-state index is 0.512. The molecule has 0 aliphatic heterocycles. The fraction of sp³-hybridized carbons (Fsp3) is 0.133. The highest BCUT2D eigenvalue weighted by atomic mass is 16.5. The number of para-hydroxylation sites is 2. The number of nitrogens with zero attached hydrogens (tertiary/aromatic N) is 2. The van der Waals surface area contributed by atoms with Gasteiger partial charge in [0.1, 0.15) is 18.7 Å². The van der Waals surface area contributed by atoms with Crippen molar-refractivity contribution >= 4 is 11.0 Å². The van der Waals surface area contributed by atoms with Crippen LogP contribution in [0.4, 0.5) is 0 Å². The van der Waals surface area contributed by atoms with Gasteiger partial charge in [-0.3, -0.25) is 4.57 Å². The largest absolute Gasteiger partial charge is 0.492 e. The van der Waals surface area contributed by atoms with Crippen molar-refractivity contribution in [2.24, 2.45) is 5.73 Å². The van der Waals surface area contributed by atoms with E-state index in [0.717, 1.165) is 22.5 Å². The van der Waals surface area contributed by atoms with Crippen molar-refractivity contribution in [2.45, 2.75) is 0 Å². The maximum absolute atomic E-state index is 5.55. The second-order valence-electron chi connectivity index (χ2n) is 4.24. The zero-order valence-corrected chi connectivity index (χ0v) is 10.5. The molecule has 0 unspecified atom stereocenters. The van der Waals surface area contributed by atoms with Crippen LogP contribution in [0.25, 0.3) is 16.7 Å². The van der Waals surface area contributed by atoms with Crippen LogP contribution in [0.2, 0.25) is 0 Å². The quantitative estimate of drug-likeness (QED) is 0.776. The molecule has 2 aromatic carbocycles. The molecule has 2 N–H and O–H groups in total. The zero-order chi connectivity index (χ0) is 13.1. The lowest BCUT2D eigenvalue weighted by molar-refractivity contribution is 0.328. The minimum Gasteiger partial charge on any atom is -0.492 e. The monoisotopic (exact) mass is 253 g/mol. The van der Waals surface area contributed by atoms with Crippen LogP contribution in [0.1, 0.15) is 0 Å². The Kier molecular flexibility index (Phi) is 3.16. The van der Waals surface area contributed by atoms with Gasteiger partial charge in [-0.25, -0.2) is 4.98 Å². The highest BCUT2D eigenvalue weighted by Gasteiger charge is 2.04. The molecule has 0 fully saturated rings.